The first-order valence-corrected chi connectivity index (χ1v) is 6.58. The summed E-state index contributed by atoms with van der Waals surface area (Å²) in [6, 6.07) is 9.49. The Bertz CT molecular complexity index is 609. The predicted molar refractivity (Wildman–Crippen MR) is 75.2 cm³/mol. The highest BCUT2D eigenvalue weighted by Crippen LogP contribution is 2.23. The third-order valence-electron chi connectivity index (χ3n) is 3.49. The van der Waals surface area contributed by atoms with E-state index in [-0.39, 0.29) is 0 Å². The lowest BCUT2D eigenvalue weighted by Crippen LogP contribution is -2.15. The fraction of sp³-hybridized carbons (Fsp3) is 0.375. The van der Waals surface area contributed by atoms with Gasteiger partial charge in [-0.1, -0.05) is 18.1 Å². The van der Waals surface area contributed by atoms with E-state index in [0.717, 1.165) is 19.1 Å². The van der Waals surface area contributed by atoms with E-state index in [1.807, 2.05) is 6.92 Å². The van der Waals surface area contributed by atoms with E-state index in [4.69, 9.17) is 0 Å². The van der Waals surface area contributed by atoms with Crippen molar-refractivity contribution in [3.05, 3.63) is 36.0 Å². The molecular weight excluding hydrogens is 220 g/mol. The maximum absolute atomic E-state index is 3.58. The van der Waals surface area contributed by atoms with Gasteiger partial charge in [-0.3, -0.25) is 0 Å². The molecule has 0 atom stereocenters. The molecule has 18 heavy (non-hydrogen) atoms. The van der Waals surface area contributed by atoms with Crippen LogP contribution in [0.1, 0.15) is 25.3 Å². The maximum Gasteiger partial charge on any atom is 0.0837 e. The Morgan fingerprint density at radius 1 is 1.33 bits per heavy atom. The molecule has 3 rings (SSSR count). The number of hydrogen-bond acceptors (Lipinski definition) is 1. The van der Waals surface area contributed by atoms with E-state index in [1.54, 1.807) is 0 Å². The summed E-state index contributed by atoms with van der Waals surface area (Å²) >= 11 is 0. The second kappa shape index (κ2) is 4.88. The number of benzene rings is 1. The number of aromatic nitrogens is 1. The topological polar surface area (TPSA) is 17.0 Å². The van der Waals surface area contributed by atoms with Crippen LogP contribution in [0.2, 0.25) is 0 Å². The van der Waals surface area contributed by atoms with Crippen molar-refractivity contribution in [1.82, 2.24) is 9.88 Å². The van der Waals surface area contributed by atoms with Crippen molar-refractivity contribution in [3.63, 3.8) is 0 Å². The molecular formula is C16H18N2. The largest absolute Gasteiger partial charge is 0.336 e. The molecule has 0 bridgehead atoms. The summed E-state index contributed by atoms with van der Waals surface area (Å²) in [5.74, 6) is 6.07. The van der Waals surface area contributed by atoms with Gasteiger partial charge in [-0.25, -0.2) is 0 Å². The van der Waals surface area contributed by atoms with Gasteiger partial charge in [0.25, 0.3) is 0 Å². The van der Waals surface area contributed by atoms with E-state index >= 15 is 0 Å². The van der Waals surface area contributed by atoms with Gasteiger partial charge in [0, 0.05) is 29.7 Å². The third-order valence-corrected chi connectivity index (χ3v) is 3.49. The molecule has 92 valence electrons. The van der Waals surface area contributed by atoms with E-state index in [1.165, 1.54) is 29.3 Å². The molecule has 0 amide bonds. The highest BCUT2D eigenvalue weighted by Gasteiger charge is 2.20. The van der Waals surface area contributed by atoms with Crippen LogP contribution in [0.4, 0.5) is 0 Å². The minimum Gasteiger partial charge on any atom is -0.336 e. The van der Waals surface area contributed by atoms with Gasteiger partial charge in [0.15, 0.2) is 0 Å². The zero-order chi connectivity index (χ0) is 12.4. The lowest BCUT2D eigenvalue weighted by Gasteiger charge is -2.06. The van der Waals surface area contributed by atoms with Crippen LogP contribution >= 0.6 is 0 Å². The van der Waals surface area contributed by atoms with Gasteiger partial charge in [-0.2, -0.15) is 0 Å². The summed E-state index contributed by atoms with van der Waals surface area (Å²) in [7, 11) is 0. The molecule has 2 nitrogen and oxygen atoms in total. The number of nitrogens with one attached hydrogen (secondary N) is 1. The smallest absolute Gasteiger partial charge is 0.0837 e. The van der Waals surface area contributed by atoms with Crippen molar-refractivity contribution >= 4 is 10.9 Å². The second-order valence-electron chi connectivity index (χ2n) is 4.88. The minimum absolute atomic E-state index is 0.758. The fourth-order valence-corrected chi connectivity index (χ4v) is 2.29. The Morgan fingerprint density at radius 2 is 2.22 bits per heavy atom. The standard InChI is InChI=1S/C16H18N2/c1-2-3-10-18-11-9-15-13(5-4-6-16(15)18)12-17-14-7-8-14/h4-6,9,11,14,17H,7-8,10,12H2,1H3. The summed E-state index contributed by atoms with van der Waals surface area (Å²) in [6.07, 6.45) is 4.81. The fourth-order valence-electron chi connectivity index (χ4n) is 2.29. The van der Waals surface area contributed by atoms with E-state index in [9.17, 15) is 0 Å². The van der Waals surface area contributed by atoms with Gasteiger partial charge in [-0.15, -0.1) is 5.92 Å². The molecule has 1 fully saturated rings. The Kier molecular flexibility index (Phi) is 3.08. The molecule has 1 heterocycles. The molecule has 2 aromatic rings. The lowest BCUT2D eigenvalue weighted by atomic mass is 10.1. The lowest BCUT2D eigenvalue weighted by molar-refractivity contribution is 0.691. The Balaban J connectivity index is 1.89. The summed E-state index contributed by atoms with van der Waals surface area (Å²) < 4.78 is 2.21. The van der Waals surface area contributed by atoms with Gasteiger partial charge in [0.2, 0.25) is 0 Å². The molecule has 1 N–H and O–H groups in total. The van der Waals surface area contributed by atoms with E-state index in [2.05, 4.69) is 52.2 Å². The van der Waals surface area contributed by atoms with Crippen molar-refractivity contribution in [3.8, 4) is 11.8 Å². The Hall–Kier alpha value is -1.72. The molecule has 0 saturated heterocycles. The van der Waals surface area contributed by atoms with Crippen LogP contribution in [0.5, 0.6) is 0 Å². The van der Waals surface area contributed by atoms with Crippen LogP contribution in [0.3, 0.4) is 0 Å². The first kappa shape index (κ1) is 11.4. The van der Waals surface area contributed by atoms with Gasteiger partial charge in [0.05, 0.1) is 6.54 Å². The number of hydrogen-bond donors (Lipinski definition) is 1. The van der Waals surface area contributed by atoms with Gasteiger partial charge >= 0.3 is 0 Å². The first-order valence-electron chi connectivity index (χ1n) is 6.58. The molecule has 2 heteroatoms. The molecule has 1 aromatic carbocycles. The van der Waals surface area contributed by atoms with Crippen molar-refractivity contribution in [1.29, 1.82) is 0 Å². The summed E-state index contributed by atoms with van der Waals surface area (Å²) in [5, 5.41) is 4.93. The van der Waals surface area contributed by atoms with Gasteiger partial charge in [0.1, 0.15) is 0 Å². The van der Waals surface area contributed by atoms with Crippen LogP contribution in [0.25, 0.3) is 10.9 Å². The van der Waals surface area contributed by atoms with Crippen molar-refractivity contribution in [2.45, 2.75) is 38.9 Å². The quantitative estimate of drug-likeness (QED) is 0.810. The van der Waals surface area contributed by atoms with Crippen LogP contribution in [-0.4, -0.2) is 10.6 Å². The second-order valence-corrected chi connectivity index (χ2v) is 4.88. The van der Waals surface area contributed by atoms with Crippen molar-refractivity contribution in [2.75, 3.05) is 0 Å². The average Bonchev–Trinajstić information content (AvgIpc) is 3.13. The first-order chi connectivity index (χ1) is 8.88. The normalized spacial score (nSPS) is 14.5. The van der Waals surface area contributed by atoms with Gasteiger partial charge < -0.3 is 9.88 Å². The molecule has 1 aliphatic carbocycles. The Morgan fingerprint density at radius 3 is 3.00 bits per heavy atom. The molecule has 1 aromatic heterocycles. The molecule has 0 radical (unpaired) electrons. The minimum atomic E-state index is 0.758. The molecule has 0 unspecified atom stereocenters. The van der Waals surface area contributed by atoms with Gasteiger partial charge in [-0.05, 0) is 37.5 Å². The predicted octanol–water partition coefficient (Wildman–Crippen LogP) is 2.92. The number of fused-ring (bicyclic) bond motifs is 1. The zero-order valence-corrected chi connectivity index (χ0v) is 10.7. The summed E-state index contributed by atoms with van der Waals surface area (Å²) in [6.45, 7) is 3.64. The van der Waals surface area contributed by atoms with Crippen LogP contribution in [0.15, 0.2) is 30.5 Å². The third kappa shape index (κ3) is 2.27. The number of nitrogens with zero attached hydrogens (tertiary/aromatic N) is 1. The van der Waals surface area contributed by atoms with Crippen molar-refractivity contribution < 1.29 is 0 Å². The van der Waals surface area contributed by atoms with E-state index < -0.39 is 0 Å². The van der Waals surface area contributed by atoms with E-state index in [0.29, 0.717) is 0 Å². The molecule has 0 spiro atoms. The SMILES string of the molecule is CC#CCn1ccc2c(CNC3CC3)cccc21. The van der Waals surface area contributed by atoms with Crippen molar-refractivity contribution in [2.24, 2.45) is 0 Å². The summed E-state index contributed by atoms with van der Waals surface area (Å²) in [4.78, 5) is 0. The summed E-state index contributed by atoms with van der Waals surface area (Å²) in [5.41, 5.74) is 2.68. The molecule has 1 saturated carbocycles. The van der Waals surface area contributed by atoms with Crippen LogP contribution in [-0.2, 0) is 13.1 Å². The molecule has 1 aliphatic rings. The highest BCUT2D eigenvalue weighted by molar-refractivity contribution is 5.83. The number of rotatable bonds is 4. The monoisotopic (exact) mass is 238 g/mol. The molecule has 0 aliphatic heterocycles. The van der Waals surface area contributed by atoms with Crippen LogP contribution < -0.4 is 5.32 Å². The van der Waals surface area contributed by atoms with Crippen LogP contribution in [0, 0.1) is 11.8 Å². The zero-order valence-electron chi connectivity index (χ0n) is 10.7. The highest BCUT2D eigenvalue weighted by atomic mass is 15.0. The Labute approximate surface area is 108 Å². The maximum atomic E-state index is 3.58. The average molecular weight is 238 g/mol.